The Morgan fingerprint density at radius 2 is 2.14 bits per heavy atom. The van der Waals surface area contributed by atoms with Gasteiger partial charge in [-0.25, -0.2) is 4.98 Å². The third-order valence-electron chi connectivity index (χ3n) is 2.36. The van der Waals surface area contributed by atoms with E-state index in [1.54, 1.807) is 0 Å². The van der Waals surface area contributed by atoms with Gasteiger partial charge in [-0.3, -0.25) is 4.79 Å². The van der Waals surface area contributed by atoms with Crippen LogP contribution in [0.25, 0.3) is 6.08 Å². The van der Waals surface area contributed by atoms with E-state index >= 15 is 0 Å². The van der Waals surface area contributed by atoms with Gasteiger partial charge >= 0.3 is 0 Å². The minimum atomic E-state index is -0.107. The van der Waals surface area contributed by atoms with Gasteiger partial charge < -0.3 is 4.98 Å². The minimum absolute atomic E-state index is 0.00456. The predicted octanol–water partition coefficient (Wildman–Crippen LogP) is 1.64. The number of aromatic nitrogens is 2. The van der Waals surface area contributed by atoms with Crippen molar-refractivity contribution in [3.63, 3.8) is 0 Å². The fourth-order valence-electron chi connectivity index (χ4n) is 1.49. The summed E-state index contributed by atoms with van der Waals surface area (Å²) in [5.74, 6) is 0.757. The number of rotatable bonds is 0. The van der Waals surface area contributed by atoms with Crippen molar-refractivity contribution in [2.75, 3.05) is 0 Å². The molecule has 0 saturated carbocycles. The summed E-state index contributed by atoms with van der Waals surface area (Å²) in [4.78, 5) is 18.9. The normalized spacial score (nSPS) is 14.5. The van der Waals surface area contributed by atoms with Crippen LogP contribution < -0.4 is 5.56 Å². The average Bonchev–Trinajstić information content (AvgIpc) is 2.50. The lowest BCUT2D eigenvalue weighted by Gasteiger charge is -2.17. The van der Waals surface area contributed by atoms with Gasteiger partial charge in [0.1, 0.15) is 5.82 Å². The summed E-state index contributed by atoms with van der Waals surface area (Å²) in [5.41, 5.74) is 1.52. The molecule has 0 aliphatic heterocycles. The van der Waals surface area contributed by atoms with Crippen LogP contribution in [-0.4, -0.2) is 9.97 Å². The molecule has 1 aromatic heterocycles. The first-order valence-electron chi connectivity index (χ1n) is 4.79. The monoisotopic (exact) mass is 190 g/mol. The Morgan fingerprint density at radius 1 is 1.43 bits per heavy atom. The summed E-state index contributed by atoms with van der Waals surface area (Å²) in [6, 6.07) is 0. The molecule has 1 aliphatic carbocycles. The van der Waals surface area contributed by atoms with E-state index in [2.05, 4.69) is 9.97 Å². The van der Waals surface area contributed by atoms with Crippen LogP contribution in [0.3, 0.4) is 0 Å². The molecular formula is C11H14N2O. The Bertz CT molecular complexity index is 449. The summed E-state index contributed by atoms with van der Waals surface area (Å²) in [7, 11) is 0. The van der Waals surface area contributed by atoms with Gasteiger partial charge in [0.05, 0.1) is 5.69 Å². The van der Waals surface area contributed by atoms with Crippen LogP contribution in [0.15, 0.2) is 10.9 Å². The van der Waals surface area contributed by atoms with Gasteiger partial charge in [-0.15, -0.1) is 0 Å². The van der Waals surface area contributed by atoms with Crippen LogP contribution >= 0.6 is 0 Å². The first-order chi connectivity index (χ1) is 6.48. The molecular weight excluding hydrogens is 176 g/mol. The fourth-order valence-corrected chi connectivity index (χ4v) is 1.49. The molecule has 2 rings (SSSR count). The summed E-state index contributed by atoms with van der Waals surface area (Å²) < 4.78 is 0. The molecule has 0 amide bonds. The van der Waals surface area contributed by atoms with Crippen molar-refractivity contribution < 1.29 is 0 Å². The first-order valence-corrected chi connectivity index (χ1v) is 4.79. The number of nitrogens with one attached hydrogen (secondary N) is 1. The zero-order chi connectivity index (χ0) is 10.3. The Morgan fingerprint density at radius 3 is 2.79 bits per heavy atom. The lowest BCUT2D eigenvalue weighted by atomic mass is 9.95. The maximum absolute atomic E-state index is 11.6. The lowest BCUT2D eigenvalue weighted by molar-refractivity contribution is 0.541. The molecule has 3 nitrogen and oxygen atoms in total. The Kier molecular flexibility index (Phi) is 1.84. The maximum Gasteiger partial charge on any atom is 0.255 e. The summed E-state index contributed by atoms with van der Waals surface area (Å²) >= 11 is 0. The third kappa shape index (κ3) is 1.39. The van der Waals surface area contributed by atoms with Crippen LogP contribution in [-0.2, 0) is 11.8 Å². The van der Waals surface area contributed by atoms with Crippen molar-refractivity contribution in [1.29, 1.82) is 0 Å². The van der Waals surface area contributed by atoms with E-state index in [1.165, 1.54) is 0 Å². The molecule has 0 bridgehead atoms. The molecule has 0 saturated heterocycles. The highest BCUT2D eigenvalue weighted by molar-refractivity contribution is 5.55. The van der Waals surface area contributed by atoms with Crippen molar-refractivity contribution in [1.82, 2.24) is 9.97 Å². The molecule has 0 radical (unpaired) electrons. The van der Waals surface area contributed by atoms with E-state index in [0.717, 1.165) is 17.1 Å². The van der Waals surface area contributed by atoms with Crippen molar-refractivity contribution in [2.24, 2.45) is 0 Å². The van der Waals surface area contributed by atoms with E-state index in [4.69, 9.17) is 0 Å². The number of aromatic amines is 1. The number of hydrogen-bond acceptors (Lipinski definition) is 2. The topological polar surface area (TPSA) is 45.8 Å². The SMILES string of the molecule is CC(C)(C)c1nc2c(c(=O)[nH]1)CC=C2. The highest BCUT2D eigenvalue weighted by atomic mass is 16.1. The van der Waals surface area contributed by atoms with Gasteiger partial charge in [0.15, 0.2) is 0 Å². The van der Waals surface area contributed by atoms with Gasteiger partial charge in [0.25, 0.3) is 5.56 Å². The van der Waals surface area contributed by atoms with Crippen LogP contribution in [0, 0.1) is 0 Å². The van der Waals surface area contributed by atoms with Crippen LogP contribution in [0.2, 0.25) is 0 Å². The molecule has 0 fully saturated rings. The van der Waals surface area contributed by atoms with Crippen molar-refractivity contribution in [3.8, 4) is 0 Å². The summed E-state index contributed by atoms with van der Waals surface area (Å²) in [6.07, 6.45) is 4.60. The number of fused-ring (bicyclic) bond motifs is 1. The second kappa shape index (κ2) is 2.80. The first kappa shape index (κ1) is 9.19. The third-order valence-corrected chi connectivity index (χ3v) is 2.36. The molecule has 0 atom stereocenters. The van der Waals surface area contributed by atoms with Crippen molar-refractivity contribution in [2.45, 2.75) is 32.6 Å². The molecule has 74 valence electrons. The Balaban J connectivity index is 2.63. The van der Waals surface area contributed by atoms with Crippen LogP contribution in [0.4, 0.5) is 0 Å². The van der Waals surface area contributed by atoms with Crippen LogP contribution in [0.1, 0.15) is 37.9 Å². The number of H-pyrrole nitrogens is 1. The summed E-state index contributed by atoms with van der Waals surface area (Å²) in [6.45, 7) is 6.11. The van der Waals surface area contributed by atoms with Crippen LogP contribution in [0.5, 0.6) is 0 Å². The number of nitrogens with zero attached hydrogens (tertiary/aromatic N) is 1. The predicted molar refractivity (Wildman–Crippen MR) is 56.3 cm³/mol. The van der Waals surface area contributed by atoms with Gasteiger partial charge in [0, 0.05) is 11.0 Å². The molecule has 14 heavy (non-hydrogen) atoms. The zero-order valence-corrected chi connectivity index (χ0v) is 8.72. The molecule has 1 aromatic rings. The van der Waals surface area contributed by atoms with Crippen molar-refractivity contribution >= 4 is 6.08 Å². The van der Waals surface area contributed by atoms with E-state index in [9.17, 15) is 4.79 Å². The second-order valence-electron chi connectivity index (χ2n) is 4.63. The molecule has 3 heteroatoms. The minimum Gasteiger partial charge on any atom is -0.310 e. The van der Waals surface area contributed by atoms with E-state index in [1.807, 2.05) is 32.9 Å². The Hall–Kier alpha value is -1.38. The highest BCUT2D eigenvalue weighted by Gasteiger charge is 2.20. The largest absolute Gasteiger partial charge is 0.310 e. The second-order valence-corrected chi connectivity index (χ2v) is 4.63. The quantitative estimate of drug-likeness (QED) is 0.676. The van der Waals surface area contributed by atoms with E-state index < -0.39 is 0 Å². The van der Waals surface area contributed by atoms with Gasteiger partial charge in [-0.1, -0.05) is 26.8 Å². The summed E-state index contributed by atoms with van der Waals surface area (Å²) in [5, 5.41) is 0. The fraction of sp³-hybridized carbons (Fsp3) is 0.455. The van der Waals surface area contributed by atoms with Gasteiger partial charge in [0.2, 0.25) is 0 Å². The van der Waals surface area contributed by atoms with Gasteiger partial charge in [-0.05, 0) is 12.5 Å². The van der Waals surface area contributed by atoms with Crippen molar-refractivity contribution in [3.05, 3.63) is 33.5 Å². The molecule has 1 aliphatic rings. The standard InChI is InChI=1S/C11H14N2O/c1-11(2,3)10-12-8-6-4-5-7(8)9(14)13-10/h4,6H,5H2,1-3H3,(H,12,13,14). The molecule has 1 N–H and O–H groups in total. The maximum atomic E-state index is 11.6. The molecule has 1 heterocycles. The molecule has 0 spiro atoms. The highest BCUT2D eigenvalue weighted by Crippen LogP contribution is 2.20. The smallest absolute Gasteiger partial charge is 0.255 e. The molecule has 0 aromatic carbocycles. The number of hydrogen-bond donors (Lipinski definition) is 1. The average molecular weight is 190 g/mol. The number of allylic oxidation sites excluding steroid dienone is 1. The zero-order valence-electron chi connectivity index (χ0n) is 8.72. The molecule has 0 unspecified atom stereocenters. The van der Waals surface area contributed by atoms with Gasteiger partial charge in [-0.2, -0.15) is 0 Å². The van der Waals surface area contributed by atoms with E-state index in [-0.39, 0.29) is 11.0 Å². The Labute approximate surface area is 82.9 Å². The van der Waals surface area contributed by atoms with E-state index in [0.29, 0.717) is 6.42 Å². The lowest BCUT2D eigenvalue weighted by Crippen LogP contribution is -2.24.